The molecule has 0 heterocycles. The predicted molar refractivity (Wildman–Crippen MR) is 89.9 cm³/mol. The van der Waals surface area contributed by atoms with E-state index in [4.69, 9.17) is 4.74 Å². The Morgan fingerprint density at radius 2 is 1.74 bits per heavy atom. The van der Waals surface area contributed by atoms with E-state index >= 15 is 0 Å². The molecule has 0 bridgehead atoms. The van der Waals surface area contributed by atoms with E-state index in [-0.39, 0.29) is 42.3 Å². The number of carbonyl (C=O) groups is 2. The number of ketones is 2. The van der Waals surface area contributed by atoms with Crippen molar-refractivity contribution in [3.8, 4) is 0 Å². The summed E-state index contributed by atoms with van der Waals surface area (Å²) in [6.07, 6.45) is -1.07. The largest absolute Gasteiger partial charge is 0.392 e. The van der Waals surface area contributed by atoms with E-state index in [9.17, 15) is 14.7 Å². The Bertz CT molecular complexity index is 495. The number of hydrogen-bond acceptors (Lipinski definition) is 4. The first-order valence-electron chi connectivity index (χ1n) is 8.16. The molecule has 0 amide bonds. The van der Waals surface area contributed by atoms with Crippen molar-refractivity contribution >= 4 is 11.6 Å². The molecule has 0 fully saturated rings. The van der Waals surface area contributed by atoms with Crippen LogP contribution in [-0.4, -0.2) is 28.9 Å². The van der Waals surface area contributed by atoms with E-state index in [0.717, 1.165) is 5.56 Å². The lowest BCUT2D eigenvalue weighted by atomic mass is 9.87. The fraction of sp³-hybridized carbons (Fsp3) is 0.579. The van der Waals surface area contributed by atoms with Crippen LogP contribution in [0.4, 0.5) is 0 Å². The Labute approximate surface area is 138 Å². The number of aliphatic hydroxyl groups is 1. The van der Waals surface area contributed by atoms with Gasteiger partial charge in [0, 0.05) is 12.3 Å². The molecule has 1 aromatic rings. The summed E-state index contributed by atoms with van der Waals surface area (Å²) in [5.74, 6) is -0.362. The summed E-state index contributed by atoms with van der Waals surface area (Å²) in [5, 5.41) is 10.3. The lowest BCUT2D eigenvalue weighted by Crippen LogP contribution is -2.36. The molecule has 0 saturated carbocycles. The van der Waals surface area contributed by atoms with Gasteiger partial charge in [0.05, 0.1) is 25.2 Å². The van der Waals surface area contributed by atoms with Crippen molar-refractivity contribution in [3.63, 3.8) is 0 Å². The van der Waals surface area contributed by atoms with Gasteiger partial charge < -0.3 is 9.84 Å². The van der Waals surface area contributed by atoms with E-state index in [2.05, 4.69) is 0 Å². The highest BCUT2D eigenvalue weighted by molar-refractivity contribution is 5.98. The first-order chi connectivity index (χ1) is 10.8. The molecule has 3 atom stereocenters. The van der Waals surface area contributed by atoms with Crippen LogP contribution in [0.3, 0.4) is 0 Å². The number of rotatable bonds is 10. The van der Waals surface area contributed by atoms with Crippen LogP contribution < -0.4 is 0 Å². The van der Waals surface area contributed by atoms with Crippen LogP contribution in [-0.2, 0) is 20.9 Å². The average molecular weight is 320 g/mol. The van der Waals surface area contributed by atoms with Crippen molar-refractivity contribution in [2.45, 2.75) is 59.4 Å². The zero-order chi connectivity index (χ0) is 17.4. The van der Waals surface area contributed by atoms with E-state index in [1.54, 1.807) is 0 Å². The van der Waals surface area contributed by atoms with Crippen molar-refractivity contribution in [2.24, 2.45) is 11.8 Å². The lowest BCUT2D eigenvalue weighted by Gasteiger charge is -2.31. The van der Waals surface area contributed by atoms with Crippen LogP contribution in [0.25, 0.3) is 0 Å². The molecule has 1 rings (SSSR count). The molecule has 0 unspecified atom stereocenters. The van der Waals surface area contributed by atoms with Crippen LogP contribution in [0.15, 0.2) is 30.3 Å². The van der Waals surface area contributed by atoms with Crippen molar-refractivity contribution < 1.29 is 19.4 Å². The minimum Gasteiger partial charge on any atom is -0.392 e. The smallest absolute Gasteiger partial charge is 0.142 e. The summed E-state index contributed by atoms with van der Waals surface area (Å²) in [7, 11) is 0. The van der Waals surface area contributed by atoms with Gasteiger partial charge >= 0.3 is 0 Å². The number of carbonyl (C=O) groups excluding carboxylic acids is 2. The molecule has 1 N–H and O–H groups in total. The molecule has 0 spiro atoms. The second-order valence-electron chi connectivity index (χ2n) is 6.55. The molecule has 4 nitrogen and oxygen atoms in total. The Balaban J connectivity index is 2.61. The zero-order valence-corrected chi connectivity index (χ0v) is 14.5. The Morgan fingerprint density at radius 3 is 2.26 bits per heavy atom. The van der Waals surface area contributed by atoms with E-state index in [1.807, 2.05) is 51.1 Å². The maximum absolute atomic E-state index is 11.7. The fourth-order valence-electron chi connectivity index (χ4n) is 2.71. The van der Waals surface area contributed by atoms with Gasteiger partial charge in [0.25, 0.3) is 0 Å². The molecule has 0 aliphatic rings. The lowest BCUT2D eigenvalue weighted by molar-refractivity contribution is -0.128. The third-order valence-corrected chi connectivity index (χ3v) is 3.95. The maximum Gasteiger partial charge on any atom is 0.142 e. The second kappa shape index (κ2) is 9.58. The van der Waals surface area contributed by atoms with Crippen molar-refractivity contribution in [2.75, 3.05) is 0 Å². The van der Waals surface area contributed by atoms with Gasteiger partial charge in [-0.25, -0.2) is 0 Å². The highest BCUT2D eigenvalue weighted by atomic mass is 16.5. The number of hydrogen-bond donors (Lipinski definition) is 1. The maximum atomic E-state index is 11.7. The molecule has 0 aliphatic heterocycles. The normalized spacial score (nSPS) is 15.2. The molecular formula is C19H28O4. The van der Waals surface area contributed by atoms with Crippen LogP contribution in [0, 0.1) is 11.8 Å². The van der Waals surface area contributed by atoms with Gasteiger partial charge in [-0.1, -0.05) is 51.1 Å². The van der Waals surface area contributed by atoms with Crippen molar-refractivity contribution in [1.29, 1.82) is 0 Å². The molecule has 1 aromatic carbocycles. The number of benzene rings is 1. The first-order valence-corrected chi connectivity index (χ1v) is 8.16. The van der Waals surface area contributed by atoms with Gasteiger partial charge in [-0.2, -0.15) is 0 Å². The quantitative estimate of drug-likeness (QED) is 0.673. The number of ether oxygens (including phenoxy) is 1. The predicted octanol–water partition coefficient (Wildman–Crippen LogP) is 3.16. The Kier molecular flexibility index (Phi) is 8.13. The molecule has 0 aliphatic carbocycles. The van der Waals surface area contributed by atoms with Crippen LogP contribution in [0.1, 0.15) is 46.1 Å². The topological polar surface area (TPSA) is 63.6 Å². The van der Waals surface area contributed by atoms with E-state index < -0.39 is 6.10 Å². The summed E-state index contributed by atoms with van der Waals surface area (Å²) >= 11 is 0. The average Bonchev–Trinajstić information content (AvgIpc) is 2.46. The summed E-state index contributed by atoms with van der Waals surface area (Å²) in [5.41, 5.74) is 1.08. The minimum atomic E-state index is -0.801. The van der Waals surface area contributed by atoms with Crippen molar-refractivity contribution in [3.05, 3.63) is 35.9 Å². The SMILES string of the molecule is CC(=O)CC(=O)C[C@@H](O)[C@H](C)[C@H](OCc1ccccc1)C(C)C. The van der Waals surface area contributed by atoms with Gasteiger partial charge in [0.2, 0.25) is 0 Å². The van der Waals surface area contributed by atoms with E-state index in [0.29, 0.717) is 6.61 Å². The van der Waals surface area contributed by atoms with Crippen LogP contribution in [0.2, 0.25) is 0 Å². The zero-order valence-electron chi connectivity index (χ0n) is 14.5. The minimum absolute atomic E-state index is 0.00133. The summed E-state index contributed by atoms with van der Waals surface area (Å²) in [4.78, 5) is 22.7. The Hall–Kier alpha value is -1.52. The van der Waals surface area contributed by atoms with Gasteiger partial charge in [0.1, 0.15) is 11.6 Å². The standard InChI is InChI=1S/C19H28O4/c1-13(2)19(23-12-16-8-6-5-7-9-16)15(4)18(22)11-17(21)10-14(3)20/h5-9,13,15,18-19,22H,10-12H2,1-4H3/t15-,18+,19+/m0/s1. The summed E-state index contributed by atoms with van der Waals surface area (Å²) in [6.45, 7) is 7.82. The van der Waals surface area contributed by atoms with Gasteiger partial charge in [-0.05, 0) is 18.4 Å². The Morgan fingerprint density at radius 1 is 1.13 bits per heavy atom. The fourth-order valence-corrected chi connectivity index (χ4v) is 2.71. The van der Waals surface area contributed by atoms with Crippen LogP contribution in [0.5, 0.6) is 0 Å². The third-order valence-electron chi connectivity index (χ3n) is 3.95. The third kappa shape index (κ3) is 7.06. The van der Waals surface area contributed by atoms with Crippen LogP contribution >= 0.6 is 0 Å². The molecular weight excluding hydrogens is 292 g/mol. The molecule has 4 heteroatoms. The highest BCUT2D eigenvalue weighted by Crippen LogP contribution is 2.23. The van der Waals surface area contributed by atoms with Gasteiger partial charge in [-0.15, -0.1) is 0 Å². The summed E-state index contributed by atoms with van der Waals surface area (Å²) < 4.78 is 6.00. The molecule has 0 saturated heterocycles. The molecule has 0 radical (unpaired) electrons. The molecule has 23 heavy (non-hydrogen) atoms. The second-order valence-corrected chi connectivity index (χ2v) is 6.55. The van der Waals surface area contributed by atoms with Gasteiger partial charge in [0.15, 0.2) is 0 Å². The molecule has 128 valence electrons. The first kappa shape index (κ1) is 19.5. The van der Waals surface area contributed by atoms with Crippen molar-refractivity contribution in [1.82, 2.24) is 0 Å². The summed E-state index contributed by atoms with van der Waals surface area (Å²) in [6, 6.07) is 9.86. The van der Waals surface area contributed by atoms with E-state index in [1.165, 1.54) is 6.92 Å². The van der Waals surface area contributed by atoms with Gasteiger partial charge in [-0.3, -0.25) is 9.59 Å². The molecule has 0 aromatic heterocycles. The number of aliphatic hydroxyl groups excluding tert-OH is 1. The highest BCUT2D eigenvalue weighted by Gasteiger charge is 2.29. The number of Topliss-reactive ketones (excluding diaryl/α,β-unsaturated/α-hetero) is 2. The monoisotopic (exact) mass is 320 g/mol.